The zero-order valence-corrected chi connectivity index (χ0v) is 16.9. The van der Waals surface area contributed by atoms with Gasteiger partial charge in [0.2, 0.25) is 5.91 Å². The lowest BCUT2D eigenvalue weighted by molar-refractivity contribution is -0.137. The van der Waals surface area contributed by atoms with E-state index < -0.39 is 17.6 Å². The van der Waals surface area contributed by atoms with E-state index in [9.17, 15) is 22.8 Å². The predicted octanol–water partition coefficient (Wildman–Crippen LogP) is 5.74. The number of alkyl halides is 3. The van der Waals surface area contributed by atoms with Gasteiger partial charge in [0.1, 0.15) is 5.37 Å². The normalized spacial score (nSPS) is 16.4. The number of para-hydroxylation sites is 1. The molecule has 158 valence electrons. The van der Waals surface area contributed by atoms with Crippen molar-refractivity contribution >= 4 is 35.0 Å². The molecule has 1 aliphatic heterocycles. The maximum Gasteiger partial charge on any atom is 0.416 e. The molecule has 1 N–H and O–H groups in total. The van der Waals surface area contributed by atoms with E-state index in [1.54, 1.807) is 17.0 Å². The Morgan fingerprint density at radius 1 is 0.935 bits per heavy atom. The number of amides is 2. The first-order chi connectivity index (χ1) is 14.8. The number of benzene rings is 3. The van der Waals surface area contributed by atoms with E-state index in [0.29, 0.717) is 11.4 Å². The van der Waals surface area contributed by atoms with Crippen molar-refractivity contribution in [1.29, 1.82) is 0 Å². The first kappa shape index (κ1) is 21.0. The highest BCUT2D eigenvalue weighted by atomic mass is 32.2. The Bertz CT molecular complexity index is 1080. The highest BCUT2D eigenvalue weighted by Crippen LogP contribution is 2.41. The number of carbonyl (C=O) groups is 2. The molecule has 2 amide bonds. The van der Waals surface area contributed by atoms with Gasteiger partial charge in [-0.1, -0.05) is 30.3 Å². The van der Waals surface area contributed by atoms with Crippen molar-refractivity contribution < 1.29 is 22.8 Å². The minimum Gasteiger partial charge on any atom is -0.322 e. The van der Waals surface area contributed by atoms with E-state index in [2.05, 4.69) is 5.32 Å². The second-order valence-electron chi connectivity index (χ2n) is 6.91. The number of anilines is 2. The van der Waals surface area contributed by atoms with Crippen LogP contribution in [0.15, 0.2) is 78.9 Å². The van der Waals surface area contributed by atoms with Gasteiger partial charge in [-0.2, -0.15) is 13.2 Å². The number of rotatable bonds is 4. The summed E-state index contributed by atoms with van der Waals surface area (Å²) in [5, 5.41) is 2.51. The van der Waals surface area contributed by atoms with Crippen molar-refractivity contribution in [3.8, 4) is 0 Å². The number of halogens is 3. The summed E-state index contributed by atoms with van der Waals surface area (Å²) in [7, 11) is 0. The standard InChI is InChI=1S/C23H17F3N2O2S/c24-23(25,26)17-10-6-15(7-11-17)21(30)27-18-12-8-16(9-13-18)22-28(20(29)14-31-22)19-4-2-1-3-5-19/h1-13,22H,14H2,(H,27,30)/t22-/m1/s1. The second kappa shape index (κ2) is 8.47. The van der Waals surface area contributed by atoms with E-state index in [0.717, 1.165) is 35.5 Å². The number of hydrogen-bond acceptors (Lipinski definition) is 3. The van der Waals surface area contributed by atoms with Gasteiger partial charge >= 0.3 is 6.18 Å². The van der Waals surface area contributed by atoms with Gasteiger partial charge in [0.25, 0.3) is 5.91 Å². The van der Waals surface area contributed by atoms with Crippen molar-refractivity contribution in [3.63, 3.8) is 0 Å². The summed E-state index contributed by atoms with van der Waals surface area (Å²) in [6.45, 7) is 0. The molecule has 1 heterocycles. The van der Waals surface area contributed by atoms with Gasteiger partial charge < -0.3 is 5.32 Å². The molecule has 1 aliphatic rings. The maximum absolute atomic E-state index is 12.7. The lowest BCUT2D eigenvalue weighted by atomic mass is 10.1. The molecule has 0 aromatic heterocycles. The third kappa shape index (κ3) is 4.59. The molecule has 4 rings (SSSR count). The quantitative estimate of drug-likeness (QED) is 0.561. The van der Waals surface area contributed by atoms with Gasteiger partial charge in [0.15, 0.2) is 0 Å². The first-order valence-corrected chi connectivity index (χ1v) is 10.4. The molecule has 0 saturated carbocycles. The summed E-state index contributed by atoms with van der Waals surface area (Å²) in [5.74, 6) is -0.0925. The van der Waals surface area contributed by atoms with Crippen LogP contribution in [0.3, 0.4) is 0 Å². The largest absolute Gasteiger partial charge is 0.416 e. The zero-order valence-electron chi connectivity index (χ0n) is 16.1. The van der Waals surface area contributed by atoms with Crippen LogP contribution in [0.4, 0.5) is 24.5 Å². The molecule has 0 radical (unpaired) electrons. The summed E-state index contributed by atoms with van der Waals surface area (Å²) in [4.78, 5) is 26.5. The van der Waals surface area contributed by atoms with Crippen LogP contribution in [-0.2, 0) is 11.0 Å². The first-order valence-electron chi connectivity index (χ1n) is 9.40. The third-order valence-electron chi connectivity index (χ3n) is 4.83. The molecular formula is C23H17F3N2O2S. The van der Waals surface area contributed by atoms with Crippen LogP contribution in [-0.4, -0.2) is 17.6 Å². The highest BCUT2D eigenvalue weighted by Gasteiger charge is 2.34. The van der Waals surface area contributed by atoms with Crippen molar-refractivity contribution in [2.75, 3.05) is 16.0 Å². The summed E-state index contributed by atoms with van der Waals surface area (Å²) in [6, 6.07) is 20.5. The predicted molar refractivity (Wildman–Crippen MR) is 115 cm³/mol. The molecule has 4 nitrogen and oxygen atoms in total. The van der Waals surface area contributed by atoms with Crippen LogP contribution in [0.5, 0.6) is 0 Å². The Morgan fingerprint density at radius 2 is 1.58 bits per heavy atom. The lowest BCUT2D eigenvalue weighted by Crippen LogP contribution is -2.27. The number of nitrogens with one attached hydrogen (secondary N) is 1. The third-order valence-corrected chi connectivity index (χ3v) is 6.04. The number of hydrogen-bond donors (Lipinski definition) is 1. The minimum absolute atomic E-state index is 0.0286. The van der Waals surface area contributed by atoms with E-state index in [4.69, 9.17) is 0 Å². The fourth-order valence-electron chi connectivity index (χ4n) is 3.28. The monoisotopic (exact) mass is 442 g/mol. The van der Waals surface area contributed by atoms with Crippen molar-refractivity contribution in [3.05, 3.63) is 95.6 Å². The molecule has 3 aromatic carbocycles. The van der Waals surface area contributed by atoms with Crippen LogP contribution >= 0.6 is 11.8 Å². The Morgan fingerprint density at radius 3 is 2.19 bits per heavy atom. The molecule has 0 bridgehead atoms. The van der Waals surface area contributed by atoms with Crippen molar-refractivity contribution in [1.82, 2.24) is 0 Å². The average molecular weight is 442 g/mol. The fraction of sp³-hybridized carbons (Fsp3) is 0.130. The Labute approximate surface area is 181 Å². The summed E-state index contributed by atoms with van der Waals surface area (Å²) >= 11 is 1.52. The molecule has 0 spiro atoms. The summed E-state index contributed by atoms with van der Waals surface area (Å²) in [5.41, 5.74) is 1.56. The molecule has 1 fully saturated rings. The van der Waals surface area contributed by atoms with Gasteiger partial charge in [0, 0.05) is 16.9 Å². The maximum atomic E-state index is 12.7. The second-order valence-corrected chi connectivity index (χ2v) is 7.98. The van der Waals surface area contributed by atoms with Gasteiger partial charge in [-0.25, -0.2) is 0 Å². The van der Waals surface area contributed by atoms with E-state index in [1.807, 2.05) is 42.5 Å². The molecule has 0 aliphatic carbocycles. The molecule has 1 saturated heterocycles. The van der Waals surface area contributed by atoms with Gasteiger partial charge in [-0.15, -0.1) is 11.8 Å². The summed E-state index contributed by atoms with van der Waals surface area (Å²) < 4.78 is 38.0. The van der Waals surface area contributed by atoms with E-state index in [-0.39, 0.29) is 16.8 Å². The van der Waals surface area contributed by atoms with Crippen molar-refractivity contribution in [2.24, 2.45) is 0 Å². The van der Waals surface area contributed by atoms with Gasteiger partial charge in [-0.05, 0) is 54.1 Å². The van der Waals surface area contributed by atoms with E-state index in [1.165, 1.54) is 11.8 Å². The highest BCUT2D eigenvalue weighted by molar-refractivity contribution is 8.00. The van der Waals surface area contributed by atoms with Crippen LogP contribution < -0.4 is 10.2 Å². The number of carbonyl (C=O) groups excluding carboxylic acids is 2. The minimum atomic E-state index is -4.45. The van der Waals surface area contributed by atoms with E-state index >= 15 is 0 Å². The topological polar surface area (TPSA) is 49.4 Å². The summed E-state index contributed by atoms with van der Waals surface area (Å²) in [6.07, 6.45) is -4.45. The molecule has 3 aromatic rings. The molecular weight excluding hydrogens is 425 g/mol. The number of nitrogens with zero attached hydrogens (tertiary/aromatic N) is 1. The molecule has 0 unspecified atom stereocenters. The van der Waals surface area contributed by atoms with Crippen LogP contribution in [0.1, 0.15) is 26.9 Å². The fourth-order valence-corrected chi connectivity index (χ4v) is 4.46. The van der Waals surface area contributed by atoms with Crippen molar-refractivity contribution in [2.45, 2.75) is 11.6 Å². The number of thioether (sulfide) groups is 1. The Kier molecular flexibility index (Phi) is 5.73. The smallest absolute Gasteiger partial charge is 0.322 e. The average Bonchev–Trinajstić information content (AvgIpc) is 3.15. The molecule has 31 heavy (non-hydrogen) atoms. The van der Waals surface area contributed by atoms with Gasteiger partial charge in [-0.3, -0.25) is 14.5 Å². The molecule has 1 atom stereocenters. The van der Waals surface area contributed by atoms with Crippen LogP contribution in [0, 0.1) is 0 Å². The Balaban J connectivity index is 1.47. The lowest BCUT2D eigenvalue weighted by Gasteiger charge is -2.24. The van der Waals surface area contributed by atoms with Crippen LogP contribution in [0.25, 0.3) is 0 Å². The van der Waals surface area contributed by atoms with Gasteiger partial charge in [0.05, 0.1) is 11.3 Å². The van der Waals surface area contributed by atoms with Crippen LogP contribution in [0.2, 0.25) is 0 Å². The zero-order chi connectivity index (χ0) is 22.0. The SMILES string of the molecule is O=C(Nc1ccc([C@H]2SCC(=O)N2c2ccccc2)cc1)c1ccc(C(F)(F)F)cc1. The Hall–Kier alpha value is -3.26. The molecule has 8 heteroatoms.